The van der Waals surface area contributed by atoms with Crippen molar-refractivity contribution < 1.29 is 13.2 Å². The maximum atomic E-state index is 12.7. The standard InChI is InChI=1S/C17H25N3O3S/c1-13-11-14(23-5)8-9-17(13)24(21,22)18-12-16(19(2)3)15-7-6-10-20(15)4/h6-11,16,18H,12H2,1-5H3/t16-/m1/s1. The monoisotopic (exact) mass is 351 g/mol. The highest BCUT2D eigenvalue weighted by molar-refractivity contribution is 7.89. The second kappa shape index (κ2) is 7.38. The van der Waals surface area contributed by atoms with E-state index in [1.807, 2.05) is 48.9 Å². The van der Waals surface area contributed by atoms with Crippen molar-refractivity contribution in [2.45, 2.75) is 17.9 Å². The molecular weight excluding hydrogens is 326 g/mol. The molecule has 6 nitrogen and oxygen atoms in total. The molecule has 0 spiro atoms. The Hall–Kier alpha value is -1.83. The molecule has 0 bridgehead atoms. The van der Waals surface area contributed by atoms with Crippen molar-refractivity contribution in [2.24, 2.45) is 7.05 Å². The molecule has 0 saturated heterocycles. The van der Waals surface area contributed by atoms with E-state index >= 15 is 0 Å². The fourth-order valence-corrected chi connectivity index (χ4v) is 3.95. The van der Waals surface area contributed by atoms with Crippen LogP contribution in [0.1, 0.15) is 17.3 Å². The Morgan fingerprint density at radius 1 is 1.29 bits per heavy atom. The SMILES string of the molecule is COc1ccc(S(=O)(=O)NC[C@H](c2cccn2C)N(C)C)c(C)c1. The van der Waals surface area contributed by atoms with E-state index in [1.54, 1.807) is 32.2 Å². The van der Waals surface area contributed by atoms with Crippen LogP contribution in [-0.4, -0.2) is 45.6 Å². The van der Waals surface area contributed by atoms with E-state index < -0.39 is 10.0 Å². The van der Waals surface area contributed by atoms with Crippen molar-refractivity contribution in [1.82, 2.24) is 14.2 Å². The first-order valence-corrected chi connectivity index (χ1v) is 9.16. The number of likely N-dealkylation sites (N-methyl/N-ethyl adjacent to an activating group) is 1. The van der Waals surface area contributed by atoms with Gasteiger partial charge in [-0.2, -0.15) is 0 Å². The second-order valence-corrected chi connectivity index (χ2v) is 7.74. The molecule has 132 valence electrons. The van der Waals surface area contributed by atoms with E-state index in [9.17, 15) is 8.42 Å². The van der Waals surface area contributed by atoms with Gasteiger partial charge >= 0.3 is 0 Å². The van der Waals surface area contributed by atoms with Crippen molar-refractivity contribution in [3.05, 3.63) is 47.8 Å². The van der Waals surface area contributed by atoms with Crippen LogP contribution in [0.2, 0.25) is 0 Å². The quantitative estimate of drug-likeness (QED) is 0.828. The summed E-state index contributed by atoms with van der Waals surface area (Å²) in [7, 11) is 3.79. The van der Waals surface area contributed by atoms with Gasteiger partial charge in [0.1, 0.15) is 5.75 Å². The zero-order valence-corrected chi connectivity index (χ0v) is 15.6. The third-order valence-corrected chi connectivity index (χ3v) is 5.67. The van der Waals surface area contributed by atoms with Gasteiger partial charge in [-0.05, 0) is 56.9 Å². The third kappa shape index (κ3) is 3.98. The first-order chi connectivity index (χ1) is 11.3. The maximum Gasteiger partial charge on any atom is 0.240 e. The van der Waals surface area contributed by atoms with Crippen molar-refractivity contribution in [1.29, 1.82) is 0 Å². The fraction of sp³-hybridized carbons (Fsp3) is 0.412. The summed E-state index contributed by atoms with van der Waals surface area (Å²) in [5, 5.41) is 0. The van der Waals surface area contributed by atoms with Crippen LogP contribution in [0.15, 0.2) is 41.4 Å². The van der Waals surface area contributed by atoms with Gasteiger partial charge in [-0.15, -0.1) is 0 Å². The minimum atomic E-state index is -3.59. The Morgan fingerprint density at radius 2 is 2.00 bits per heavy atom. The number of benzene rings is 1. The summed E-state index contributed by atoms with van der Waals surface area (Å²) in [6, 6.07) is 8.84. The maximum absolute atomic E-state index is 12.7. The van der Waals surface area contributed by atoms with E-state index in [1.165, 1.54) is 0 Å². The smallest absolute Gasteiger partial charge is 0.240 e. The molecule has 0 unspecified atom stereocenters. The number of hydrogen-bond acceptors (Lipinski definition) is 4. The highest BCUT2D eigenvalue weighted by Crippen LogP contribution is 2.22. The number of sulfonamides is 1. The second-order valence-electron chi connectivity index (χ2n) is 6.01. The summed E-state index contributed by atoms with van der Waals surface area (Å²) in [6.07, 6.45) is 1.95. The summed E-state index contributed by atoms with van der Waals surface area (Å²) in [6.45, 7) is 2.05. The van der Waals surface area contributed by atoms with Gasteiger partial charge in [0.15, 0.2) is 0 Å². The molecule has 24 heavy (non-hydrogen) atoms. The predicted octanol–water partition coefficient (Wildman–Crippen LogP) is 1.92. The molecule has 1 N–H and O–H groups in total. The Balaban J connectivity index is 2.21. The van der Waals surface area contributed by atoms with E-state index in [0.29, 0.717) is 17.9 Å². The van der Waals surface area contributed by atoms with Gasteiger partial charge in [0.25, 0.3) is 0 Å². The molecule has 0 aliphatic rings. The van der Waals surface area contributed by atoms with E-state index in [0.717, 1.165) is 5.69 Å². The normalized spacial score (nSPS) is 13.2. The van der Waals surface area contributed by atoms with E-state index in [-0.39, 0.29) is 10.9 Å². The molecule has 0 amide bonds. The largest absolute Gasteiger partial charge is 0.497 e. The molecule has 7 heteroatoms. The van der Waals surface area contributed by atoms with E-state index in [4.69, 9.17) is 4.74 Å². The molecule has 1 aromatic heterocycles. The zero-order chi connectivity index (χ0) is 17.9. The number of aryl methyl sites for hydroxylation is 2. The van der Waals surface area contributed by atoms with Crippen LogP contribution in [-0.2, 0) is 17.1 Å². The average molecular weight is 351 g/mol. The first kappa shape index (κ1) is 18.5. The Labute approximate surface area is 144 Å². The van der Waals surface area contributed by atoms with Gasteiger partial charge in [0.2, 0.25) is 10.0 Å². The lowest BCUT2D eigenvalue weighted by Crippen LogP contribution is -2.35. The summed E-state index contributed by atoms with van der Waals surface area (Å²) in [5.41, 5.74) is 1.70. The molecule has 0 saturated carbocycles. The topological polar surface area (TPSA) is 63.6 Å². The molecule has 0 fully saturated rings. The minimum Gasteiger partial charge on any atom is -0.497 e. The van der Waals surface area contributed by atoms with Gasteiger partial charge < -0.3 is 9.30 Å². The van der Waals surface area contributed by atoms with Crippen molar-refractivity contribution in [3.63, 3.8) is 0 Å². The zero-order valence-electron chi connectivity index (χ0n) is 14.8. The van der Waals surface area contributed by atoms with Crippen LogP contribution in [0.3, 0.4) is 0 Å². The first-order valence-electron chi connectivity index (χ1n) is 7.68. The van der Waals surface area contributed by atoms with Crippen LogP contribution >= 0.6 is 0 Å². The Bertz CT molecular complexity index is 797. The van der Waals surface area contributed by atoms with Crippen molar-refractivity contribution >= 4 is 10.0 Å². The highest BCUT2D eigenvalue weighted by atomic mass is 32.2. The molecule has 0 radical (unpaired) electrons. The van der Waals surface area contributed by atoms with Crippen LogP contribution in [0.25, 0.3) is 0 Å². The third-order valence-electron chi connectivity index (χ3n) is 4.09. The summed E-state index contributed by atoms with van der Waals surface area (Å²) in [4.78, 5) is 2.27. The van der Waals surface area contributed by atoms with Gasteiger partial charge in [0.05, 0.1) is 18.0 Å². The van der Waals surface area contributed by atoms with Gasteiger partial charge in [-0.1, -0.05) is 0 Å². The number of rotatable bonds is 7. The van der Waals surface area contributed by atoms with Crippen LogP contribution in [0, 0.1) is 6.92 Å². The van der Waals surface area contributed by atoms with Crippen LogP contribution in [0.5, 0.6) is 5.75 Å². The van der Waals surface area contributed by atoms with Gasteiger partial charge in [0, 0.05) is 25.5 Å². The van der Waals surface area contributed by atoms with Gasteiger partial charge in [-0.3, -0.25) is 4.90 Å². The molecule has 2 rings (SSSR count). The molecule has 0 aliphatic heterocycles. The molecule has 1 heterocycles. The predicted molar refractivity (Wildman–Crippen MR) is 94.8 cm³/mol. The minimum absolute atomic E-state index is 0.0571. The van der Waals surface area contributed by atoms with Crippen LogP contribution < -0.4 is 9.46 Å². The highest BCUT2D eigenvalue weighted by Gasteiger charge is 2.22. The number of aromatic nitrogens is 1. The Kier molecular flexibility index (Phi) is 5.69. The van der Waals surface area contributed by atoms with E-state index in [2.05, 4.69) is 4.72 Å². The number of methoxy groups -OCH3 is 1. The number of nitrogens with one attached hydrogen (secondary N) is 1. The lowest BCUT2D eigenvalue weighted by Gasteiger charge is -2.25. The molecular formula is C17H25N3O3S. The van der Waals surface area contributed by atoms with Crippen LogP contribution in [0.4, 0.5) is 0 Å². The number of hydrogen-bond donors (Lipinski definition) is 1. The summed E-state index contributed by atoms with van der Waals surface area (Å²) >= 11 is 0. The summed E-state index contributed by atoms with van der Waals surface area (Å²) in [5.74, 6) is 0.640. The lowest BCUT2D eigenvalue weighted by atomic mass is 10.2. The molecule has 2 aromatic rings. The number of nitrogens with zero attached hydrogens (tertiary/aromatic N) is 2. The fourth-order valence-electron chi connectivity index (χ4n) is 2.69. The number of ether oxygens (including phenoxy) is 1. The summed E-state index contributed by atoms with van der Waals surface area (Å²) < 4.78 is 35.2. The molecule has 0 aliphatic carbocycles. The Morgan fingerprint density at radius 3 is 2.50 bits per heavy atom. The lowest BCUT2D eigenvalue weighted by molar-refractivity contribution is 0.289. The van der Waals surface area contributed by atoms with Crippen molar-refractivity contribution in [3.8, 4) is 5.75 Å². The molecule has 1 aromatic carbocycles. The van der Waals surface area contributed by atoms with Crippen molar-refractivity contribution in [2.75, 3.05) is 27.7 Å². The molecule has 1 atom stereocenters. The van der Waals surface area contributed by atoms with Gasteiger partial charge in [-0.25, -0.2) is 13.1 Å². The average Bonchev–Trinajstić information content (AvgIpc) is 2.92.